The number of nitrogens with zero attached hydrogens (tertiary/aromatic N) is 6. The molecule has 0 spiro atoms. The predicted octanol–water partition coefficient (Wildman–Crippen LogP) is 5.74. The summed E-state index contributed by atoms with van der Waals surface area (Å²) >= 11 is 0. The molecular formula is C28H20F4N8. The van der Waals surface area contributed by atoms with Crippen molar-refractivity contribution in [2.75, 3.05) is 13.1 Å². The maximum Gasteiger partial charge on any atom is 0.261 e. The molecule has 5 aromatic heterocycles. The normalized spacial score (nSPS) is 15.4. The van der Waals surface area contributed by atoms with Crippen LogP contribution in [0.5, 0.6) is 0 Å². The lowest BCUT2D eigenvalue weighted by molar-refractivity contribution is 0.0115. The van der Waals surface area contributed by atoms with Gasteiger partial charge in [-0.3, -0.25) is 25.0 Å². The standard InChI is InChI=1S/C28H20F4N8/c29-18-3-1-16(2-4-18)24-25-19(5-7-34-24)36-27(37-25)26-21-20(38-39-26)12-35-23(22(21)30)17-9-15(10-33-11-17)13-40-8-6-28(31,32)14-40/h1-5,7,9-12H,6,8,13-14H2,(H,36,37)(H,38,39). The van der Waals surface area contributed by atoms with Crippen LogP contribution in [-0.2, 0) is 6.54 Å². The summed E-state index contributed by atoms with van der Waals surface area (Å²) in [5.41, 5.74) is 4.18. The molecule has 0 amide bonds. The van der Waals surface area contributed by atoms with Gasteiger partial charge >= 0.3 is 0 Å². The number of rotatable bonds is 5. The van der Waals surface area contributed by atoms with Crippen molar-refractivity contribution in [2.45, 2.75) is 18.9 Å². The molecule has 0 unspecified atom stereocenters. The molecule has 1 fully saturated rings. The Bertz CT molecular complexity index is 1880. The van der Waals surface area contributed by atoms with E-state index in [1.165, 1.54) is 24.5 Å². The molecule has 0 bridgehead atoms. The Labute approximate surface area is 224 Å². The molecule has 1 saturated heterocycles. The molecule has 6 heterocycles. The highest BCUT2D eigenvalue weighted by molar-refractivity contribution is 5.97. The first-order valence-electron chi connectivity index (χ1n) is 12.5. The summed E-state index contributed by atoms with van der Waals surface area (Å²) in [7, 11) is 0. The number of benzene rings is 1. The van der Waals surface area contributed by atoms with E-state index in [2.05, 4.69) is 35.1 Å². The average Bonchev–Trinajstić information content (AvgIpc) is 3.65. The molecule has 6 aromatic rings. The molecular weight excluding hydrogens is 524 g/mol. The summed E-state index contributed by atoms with van der Waals surface area (Å²) in [5.74, 6) is -3.37. The molecule has 8 nitrogen and oxygen atoms in total. The van der Waals surface area contributed by atoms with E-state index >= 15 is 4.39 Å². The third-order valence-electron chi connectivity index (χ3n) is 7.01. The number of likely N-dealkylation sites (tertiary alicyclic amines) is 1. The summed E-state index contributed by atoms with van der Waals surface area (Å²) in [4.78, 5) is 22.4. The van der Waals surface area contributed by atoms with Crippen molar-refractivity contribution in [1.82, 2.24) is 40.0 Å². The van der Waals surface area contributed by atoms with Gasteiger partial charge in [0.15, 0.2) is 11.6 Å². The average molecular weight is 545 g/mol. The van der Waals surface area contributed by atoms with Gasteiger partial charge in [-0.1, -0.05) is 0 Å². The minimum atomic E-state index is -2.70. The number of hydrogen-bond acceptors (Lipinski definition) is 6. The molecule has 0 saturated carbocycles. The number of aromatic amines is 2. The summed E-state index contributed by atoms with van der Waals surface area (Å²) in [5, 5.41) is 7.30. The van der Waals surface area contributed by atoms with Gasteiger partial charge in [0.1, 0.15) is 22.7 Å². The Balaban J connectivity index is 1.27. The van der Waals surface area contributed by atoms with Crippen molar-refractivity contribution < 1.29 is 17.6 Å². The number of aromatic nitrogens is 7. The van der Waals surface area contributed by atoms with E-state index in [4.69, 9.17) is 0 Å². The lowest BCUT2D eigenvalue weighted by atomic mass is 10.1. The van der Waals surface area contributed by atoms with Crippen molar-refractivity contribution >= 4 is 21.9 Å². The molecule has 1 aliphatic heterocycles. The van der Waals surface area contributed by atoms with Gasteiger partial charge in [0.2, 0.25) is 0 Å². The fraction of sp³-hybridized carbons (Fsp3) is 0.179. The molecule has 1 aromatic carbocycles. The first-order valence-corrected chi connectivity index (χ1v) is 12.5. The monoisotopic (exact) mass is 544 g/mol. The van der Waals surface area contributed by atoms with Gasteiger partial charge in [-0.05, 0) is 42.0 Å². The van der Waals surface area contributed by atoms with E-state index < -0.39 is 11.7 Å². The molecule has 2 N–H and O–H groups in total. The van der Waals surface area contributed by atoms with Crippen LogP contribution >= 0.6 is 0 Å². The minimum Gasteiger partial charge on any atom is -0.336 e. The largest absolute Gasteiger partial charge is 0.336 e. The van der Waals surface area contributed by atoms with E-state index in [0.29, 0.717) is 44.8 Å². The number of hydrogen-bond donors (Lipinski definition) is 2. The highest BCUT2D eigenvalue weighted by Gasteiger charge is 2.38. The molecule has 0 atom stereocenters. The second-order valence-corrected chi connectivity index (χ2v) is 9.83. The molecule has 1 aliphatic rings. The maximum atomic E-state index is 16.1. The molecule has 200 valence electrons. The van der Waals surface area contributed by atoms with Crippen molar-refractivity contribution in [3.8, 4) is 34.0 Å². The number of halogens is 4. The Kier molecular flexibility index (Phi) is 5.59. The van der Waals surface area contributed by atoms with Crippen molar-refractivity contribution in [3.05, 3.63) is 78.4 Å². The smallest absolute Gasteiger partial charge is 0.261 e. The molecule has 7 rings (SSSR count). The molecule has 0 radical (unpaired) electrons. The quantitative estimate of drug-likeness (QED) is 0.269. The zero-order valence-corrected chi connectivity index (χ0v) is 20.8. The zero-order valence-electron chi connectivity index (χ0n) is 20.8. The van der Waals surface area contributed by atoms with Crippen LogP contribution < -0.4 is 0 Å². The third kappa shape index (κ3) is 4.26. The van der Waals surface area contributed by atoms with Crippen LogP contribution in [0.15, 0.2) is 61.2 Å². The van der Waals surface area contributed by atoms with E-state index in [-0.39, 0.29) is 48.6 Å². The van der Waals surface area contributed by atoms with Crippen molar-refractivity contribution in [1.29, 1.82) is 0 Å². The summed E-state index contributed by atoms with van der Waals surface area (Å²) in [6.45, 7) is 0.245. The number of imidazole rings is 1. The van der Waals surface area contributed by atoms with E-state index in [1.54, 1.807) is 41.6 Å². The predicted molar refractivity (Wildman–Crippen MR) is 140 cm³/mol. The zero-order chi connectivity index (χ0) is 27.4. The molecule has 0 aliphatic carbocycles. The number of H-pyrrole nitrogens is 2. The maximum absolute atomic E-state index is 16.1. The van der Waals surface area contributed by atoms with Crippen LogP contribution in [0.25, 0.3) is 56.0 Å². The Morgan fingerprint density at radius 3 is 2.55 bits per heavy atom. The first-order chi connectivity index (χ1) is 19.3. The van der Waals surface area contributed by atoms with Gasteiger partial charge in [0, 0.05) is 49.2 Å². The SMILES string of the molecule is Fc1ccc(-c2nccc3[nH]c(-c4n[nH]c5cnc(-c6cncc(CN7CCC(F)(F)C7)c6)c(F)c45)nc23)cc1. The van der Waals surface area contributed by atoms with Crippen molar-refractivity contribution in [3.63, 3.8) is 0 Å². The minimum absolute atomic E-state index is 0.0565. The van der Waals surface area contributed by atoms with Crippen LogP contribution in [0.3, 0.4) is 0 Å². The topological polar surface area (TPSA) is 99.3 Å². The third-order valence-corrected chi connectivity index (χ3v) is 7.01. The van der Waals surface area contributed by atoms with Gasteiger partial charge in [-0.25, -0.2) is 22.5 Å². The second-order valence-electron chi connectivity index (χ2n) is 9.83. The summed E-state index contributed by atoms with van der Waals surface area (Å²) < 4.78 is 56.8. The van der Waals surface area contributed by atoms with Gasteiger partial charge in [-0.2, -0.15) is 5.10 Å². The second kappa shape index (κ2) is 9.19. The Hall–Kier alpha value is -4.71. The Morgan fingerprint density at radius 1 is 0.900 bits per heavy atom. The van der Waals surface area contributed by atoms with Gasteiger partial charge in [0.25, 0.3) is 5.92 Å². The number of pyridine rings is 3. The molecule has 12 heteroatoms. The number of fused-ring (bicyclic) bond motifs is 2. The highest BCUT2D eigenvalue weighted by Crippen LogP contribution is 2.34. The Morgan fingerprint density at radius 2 is 1.75 bits per heavy atom. The fourth-order valence-electron chi connectivity index (χ4n) is 5.12. The first kappa shape index (κ1) is 24.3. The van der Waals surface area contributed by atoms with E-state index in [0.717, 1.165) is 0 Å². The van der Waals surface area contributed by atoms with E-state index in [9.17, 15) is 13.2 Å². The van der Waals surface area contributed by atoms with Crippen LogP contribution in [0.1, 0.15) is 12.0 Å². The number of nitrogens with one attached hydrogen (secondary N) is 2. The van der Waals surface area contributed by atoms with Gasteiger partial charge in [-0.15, -0.1) is 0 Å². The van der Waals surface area contributed by atoms with Gasteiger partial charge in [0.05, 0.1) is 34.9 Å². The summed E-state index contributed by atoms with van der Waals surface area (Å²) in [6, 6.07) is 9.37. The number of alkyl halides is 2. The lowest BCUT2D eigenvalue weighted by Gasteiger charge is -2.15. The van der Waals surface area contributed by atoms with Crippen LogP contribution in [0.4, 0.5) is 17.6 Å². The van der Waals surface area contributed by atoms with E-state index in [1.807, 2.05) is 0 Å². The van der Waals surface area contributed by atoms with Crippen LogP contribution in [-0.4, -0.2) is 59.0 Å². The lowest BCUT2D eigenvalue weighted by Crippen LogP contribution is -2.24. The van der Waals surface area contributed by atoms with Crippen LogP contribution in [0.2, 0.25) is 0 Å². The highest BCUT2D eigenvalue weighted by atomic mass is 19.3. The van der Waals surface area contributed by atoms with Gasteiger partial charge < -0.3 is 4.98 Å². The molecule has 40 heavy (non-hydrogen) atoms. The summed E-state index contributed by atoms with van der Waals surface area (Å²) in [6.07, 6.45) is 5.98. The van der Waals surface area contributed by atoms with Crippen molar-refractivity contribution in [2.24, 2.45) is 0 Å². The fourth-order valence-corrected chi connectivity index (χ4v) is 5.12. The van der Waals surface area contributed by atoms with Crippen LogP contribution in [0, 0.1) is 11.6 Å².